The topological polar surface area (TPSA) is 291 Å². The third kappa shape index (κ3) is 71.0. The number of aliphatic hydroxyl groups is 8. The molecule has 0 aliphatic carbocycles. The fourth-order valence-corrected chi connectivity index (χ4v) is 3.23. The summed E-state index contributed by atoms with van der Waals surface area (Å²) >= 11 is 0. The van der Waals surface area contributed by atoms with Crippen LogP contribution >= 0.6 is 0 Å². The number of ether oxygens (including phenoxy) is 14. The molecule has 61 heavy (non-hydrogen) atoms. The van der Waals surface area contributed by atoms with Gasteiger partial charge in [0.25, 0.3) is 0 Å². The van der Waals surface area contributed by atoms with Crippen LogP contribution in [0.4, 0.5) is 0 Å². The van der Waals surface area contributed by atoms with E-state index in [1.165, 1.54) is 0 Å². The molecule has 0 saturated carbocycles. The molecule has 0 amide bonds. The molecule has 8 N–H and O–H groups in total. The molecule has 0 aromatic rings. The Hall–Kier alpha value is -3.88. The SMILES string of the molecule is [CH2-]OCC(O)COCCO.[CH2-]OCC(O)COCCO.[CH2-]OCC(O)COCCOCCOCC(O)CO[CH2-].[CH2-]OCC(O)COCCOCCOCC(O)CO[CH2-].[Rf].[Rf].[Rf]. The van der Waals surface area contributed by atoms with Crippen molar-refractivity contribution in [3.8, 4) is 0 Å². The van der Waals surface area contributed by atoms with Crippen molar-refractivity contribution < 1.29 is 107 Å². The third-order valence-electron chi connectivity index (χ3n) is 5.68. The third-order valence-corrected chi connectivity index (χ3v) is 5.68. The van der Waals surface area contributed by atoms with E-state index in [9.17, 15) is 20.4 Å². The van der Waals surface area contributed by atoms with E-state index in [0.717, 1.165) is 0 Å². The maximum absolute atomic E-state index is 9.23. The van der Waals surface area contributed by atoms with Gasteiger partial charge >= 0.3 is 0 Å². The van der Waals surface area contributed by atoms with Gasteiger partial charge in [0.1, 0.15) is 0 Å². The summed E-state index contributed by atoms with van der Waals surface area (Å²) in [5.41, 5.74) is 0. The predicted molar refractivity (Wildman–Crippen MR) is 205 cm³/mol. The van der Waals surface area contributed by atoms with Crippen LogP contribution in [0.25, 0.3) is 0 Å². The smallest absolute Gasteiger partial charge is 0.0976 e. The van der Waals surface area contributed by atoms with Crippen LogP contribution in [0.5, 0.6) is 0 Å². The van der Waals surface area contributed by atoms with Gasteiger partial charge in [0.15, 0.2) is 0 Å². The Bertz CT molecular complexity index is 631. The molecule has 0 aliphatic heterocycles. The zero-order valence-corrected chi connectivity index (χ0v) is 55.3. The van der Waals surface area contributed by atoms with Gasteiger partial charge in [0, 0.05) is 39.6 Å². The molecular formula is C36H74O22Rf3-6. The first-order valence-corrected chi connectivity index (χ1v) is 18.2. The quantitative estimate of drug-likeness (QED) is 0.0225. The van der Waals surface area contributed by atoms with Gasteiger partial charge in [-0.05, 0) is 0 Å². The van der Waals surface area contributed by atoms with Crippen LogP contribution < -0.4 is 0 Å². The molecule has 6 atom stereocenters. The van der Waals surface area contributed by atoms with Crippen LogP contribution in [0.2, 0.25) is 0 Å². The number of rotatable bonds is 40. The van der Waals surface area contributed by atoms with Gasteiger partial charge in [-0.25, -0.2) is 42.7 Å². The first-order chi connectivity index (χ1) is 28.0. The van der Waals surface area contributed by atoms with E-state index >= 15 is 0 Å². The second-order valence-corrected chi connectivity index (χ2v) is 11.3. The summed E-state index contributed by atoms with van der Waals surface area (Å²) in [6.45, 7) is 5.59. The molecule has 0 saturated heterocycles. The average molecular weight is 1660 g/mol. The van der Waals surface area contributed by atoms with E-state index in [0.29, 0.717) is 52.9 Å². The van der Waals surface area contributed by atoms with Crippen LogP contribution in [-0.4, -0.2) is 236 Å². The van der Waals surface area contributed by atoms with Crippen LogP contribution in [0.15, 0.2) is 0 Å². The van der Waals surface area contributed by atoms with Gasteiger partial charge in [0.05, 0.1) is 156 Å². The van der Waals surface area contributed by atoms with Crippen molar-refractivity contribution in [1.82, 2.24) is 0 Å². The maximum Gasteiger partial charge on any atom is 0.0976 e. The molecule has 0 rings (SSSR count). The van der Waals surface area contributed by atoms with E-state index in [1.807, 2.05) is 0 Å². The van der Waals surface area contributed by atoms with Gasteiger partial charge in [-0.3, -0.25) is 0 Å². The normalized spacial score (nSPS) is 13.5. The van der Waals surface area contributed by atoms with E-state index < -0.39 is 36.6 Å². The van der Waals surface area contributed by atoms with Gasteiger partial charge < -0.3 is 107 Å². The van der Waals surface area contributed by atoms with E-state index in [4.69, 9.17) is 58.3 Å². The minimum absolute atomic E-state index is 0. The average Bonchev–Trinajstić information content (AvgIpc) is 3.18. The summed E-state index contributed by atoms with van der Waals surface area (Å²) in [6, 6.07) is 0. The first kappa shape index (κ1) is 71.6. The van der Waals surface area contributed by atoms with Crippen molar-refractivity contribution in [3.05, 3.63) is 42.7 Å². The van der Waals surface area contributed by atoms with Crippen LogP contribution in [0.3, 0.4) is 0 Å². The molecule has 0 radical (unpaired) electrons. The Morgan fingerprint density at radius 1 is 0.246 bits per heavy atom. The Balaban J connectivity index is -0.000000131. The Labute approximate surface area is 344 Å². The van der Waals surface area contributed by atoms with Crippen LogP contribution in [0, 0.1) is 42.7 Å². The van der Waals surface area contributed by atoms with Crippen molar-refractivity contribution in [1.29, 1.82) is 0 Å². The standard InChI is InChI=1S/2C12H24O7.2C6H13O4.3Rf/c2*1-15-7-11(13)9-18-5-3-17-4-6-19-10-12(14)8-16-2;2*1-9-4-6(8)5-10-3-2-7;;;/h2*11-14H,1-10H2;2*6-8H,1-5H2;;;/q2*-2;2*-1;;;. The first-order valence-electron chi connectivity index (χ1n) is 18.2. The molecular weight excluding hydrogens is 1590 g/mol. The predicted octanol–water partition coefficient (Wildman–Crippen LogP) is -2.92. The van der Waals surface area contributed by atoms with Crippen LogP contribution in [0.1, 0.15) is 0 Å². The van der Waals surface area contributed by atoms with Gasteiger partial charge in [-0.1, -0.05) is 0 Å². The van der Waals surface area contributed by atoms with Crippen LogP contribution in [-0.2, 0) is 66.3 Å². The van der Waals surface area contributed by atoms with Gasteiger partial charge in [0.2, 0.25) is 0 Å². The molecule has 362 valence electrons. The van der Waals surface area contributed by atoms with E-state index in [1.54, 1.807) is 0 Å². The maximum atomic E-state index is 9.23. The monoisotopic (exact) mass is 1660 g/mol. The number of aliphatic hydroxyl groups excluding tert-OH is 8. The summed E-state index contributed by atoms with van der Waals surface area (Å²) in [5, 5.41) is 71.2. The zero-order valence-electron chi connectivity index (χ0n) is 36.1. The Kier molecular flexibility index (Phi) is 73.7. The molecule has 0 bridgehead atoms. The van der Waals surface area contributed by atoms with E-state index in [2.05, 4.69) is 71.1 Å². The number of hydrogen-bond acceptors (Lipinski definition) is 22. The summed E-state index contributed by atoms with van der Waals surface area (Å²) in [6.07, 6.45) is -3.97. The summed E-state index contributed by atoms with van der Waals surface area (Å²) in [5.74, 6) is 0. The second kappa shape index (κ2) is 62.8. The molecule has 25 heteroatoms. The Morgan fingerprint density at radius 2 is 0.393 bits per heavy atom. The molecule has 0 fully saturated rings. The van der Waals surface area contributed by atoms with Crippen molar-refractivity contribution in [2.45, 2.75) is 36.6 Å². The molecule has 6 unspecified atom stereocenters. The summed E-state index contributed by atoms with van der Waals surface area (Å²) in [7, 11) is 18.8. The fourth-order valence-electron chi connectivity index (χ4n) is 3.23. The molecule has 0 aromatic carbocycles. The molecule has 0 aliphatic rings. The largest absolute Gasteiger partial charge is 0.553 e. The fraction of sp³-hybridized carbons (Fsp3) is 0.833. The van der Waals surface area contributed by atoms with Crippen molar-refractivity contribution >= 4 is 0 Å². The zero-order chi connectivity index (χ0) is 44.3. The van der Waals surface area contributed by atoms with Crippen molar-refractivity contribution in [2.75, 3.05) is 159 Å². The second-order valence-electron chi connectivity index (χ2n) is 11.3. The van der Waals surface area contributed by atoms with E-state index in [-0.39, 0.29) is 106 Å². The molecule has 0 heterocycles. The Morgan fingerprint density at radius 3 is 0.541 bits per heavy atom. The minimum Gasteiger partial charge on any atom is -0.553 e. The summed E-state index contributed by atoms with van der Waals surface area (Å²) in [4.78, 5) is 0. The van der Waals surface area contributed by atoms with Crippen molar-refractivity contribution in [3.63, 3.8) is 0 Å². The minimum atomic E-state index is -0.669. The van der Waals surface area contributed by atoms with Crippen molar-refractivity contribution in [2.24, 2.45) is 0 Å². The molecule has 22 nitrogen and oxygen atoms in total. The molecule has 0 spiro atoms. The van der Waals surface area contributed by atoms with Gasteiger partial charge in [-0.15, -0.1) is 0 Å². The molecule has 0 aromatic heterocycles. The number of hydrogen-bond donors (Lipinski definition) is 8. The van der Waals surface area contributed by atoms with Gasteiger partial charge in [-0.2, -0.15) is 0 Å². The summed E-state index contributed by atoms with van der Waals surface area (Å²) < 4.78 is 67.4.